The minimum absolute atomic E-state index is 0.306. The van der Waals surface area contributed by atoms with Gasteiger partial charge in [-0.1, -0.05) is 38.1 Å². The topological polar surface area (TPSA) is 18.5 Å². The van der Waals surface area contributed by atoms with Gasteiger partial charge in [-0.15, -0.1) is 0 Å². The fourth-order valence-corrected chi connectivity index (χ4v) is 4.85. The summed E-state index contributed by atoms with van der Waals surface area (Å²) in [5.41, 5.74) is 5.67. The van der Waals surface area contributed by atoms with Crippen LogP contribution < -0.4 is 9.47 Å². The third kappa shape index (κ3) is 3.11. The summed E-state index contributed by atoms with van der Waals surface area (Å²) in [6, 6.07) is 13.7. The van der Waals surface area contributed by atoms with Crippen molar-refractivity contribution in [2.24, 2.45) is 0 Å². The average molecular weight is 351 g/mol. The van der Waals surface area contributed by atoms with E-state index in [0.717, 1.165) is 37.2 Å². The number of hydrogen-bond acceptors (Lipinski definition) is 2. The molecule has 0 N–H and O–H groups in total. The first-order valence-electron chi connectivity index (χ1n) is 10.2. The van der Waals surface area contributed by atoms with Crippen molar-refractivity contribution in [2.75, 3.05) is 0 Å². The molecule has 0 saturated carbocycles. The van der Waals surface area contributed by atoms with E-state index in [0.29, 0.717) is 24.0 Å². The van der Waals surface area contributed by atoms with Gasteiger partial charge in [-0.25, -0.2) is 0 Å². The van der Waals surface area contributed by atoms with Crippen molar-refractivity contribution in [1.29, 1.82) is 0 Å². The molecule has 4 rings (SSSR count). The Morgan fingerprint density at radius 3 is 1.58 bits per heavy atom. The highest BCUT2D eigenvalue weighted by Crippen LogP contribution is 2.42. The van der Waals surface area contributed by atoms with Crippen molar-refractivity contribution in [1.82, 2.24) is 0 Å². The minimum atomic E-state index is 0.306. The molecule has 0 fully saturated rings. The van der Waals surface area contributed by atoms with Gasteiger partial charge in [0, 0.05) is 12.8 Å². The summed E-state index contributed by atoms with van der Waals surface area (Å²) in [6.07, 6.45) is 4.98. The highest BCUT2D eigenvalue weighted by atomic mass is 16.5. The van der Waals surface area contributed by atoms with Crippen molar-refractivity contribution < 1.29 is 9.47 Å². The van der Waals surface area contributed by atoms with Gasteiger partial charge in [0.1, 0.15) is 23.7 Å². The lowest BCUT2D eigenvalue weighted by molar-refractivity contribution is 0.254. The van der Waals surface area contributed by atoms with E-state index in [4.69, 9.17) is 9.47 Å². The van der Waals surface area contributed by atoms with Gasteiger partial charge < -0.3 is 9.47 Å². The summed E-state index contributed by atoms with van der Waals surface area (Å²) in [7, 11) is 0. The predicted molar refractivity (Wildman–Crippen MR) is 107 cm³/mol. The molecule has 0 spiro atoms. The largest absolute Gasteiger partial charge is 0.490 e. The second kappa shape index (κ2) is 6.98. The molecule has 0 unspecified atom stereocenters. The maximum absolute atomic E-state index is 5.89. The van der Waals surface area contributed by atoms with Gasteiger partial charge in [0.25, 0.3) is 0 Å². The summed E-state index contributed by atoms with van der Waals surface area (Å²) in [6.45, 7) is 8.94. The molecule has 26 heavy (non-hydrogen) atoms. The molecule has 2 nitrogen and oxygen atoms in total. The van der Waals surface area contributed by atoms with Gasteiger partial charge >= 0.3 is 0 Å². The van der Waals surface area contributed by atoms with E-state index in [1.54, 1.807) is 0 Å². The molecule has 2 aliphatic rings. The quantitative estimate of drug-likeness (QED) is 0.656. The normalized spacial score (nSPS) is 22.9. The molecular formula is C24H30O2. The van der Waals surface area contributed by atoms with E-state index >= 15 is 0 Å². The number of ether oxygens (including phenoxy) is 2. The van der Waals surface area contributed by atoms with E-state index in [-0.39, 0.29) is 0 Å². The van der Waals surface area contributed by atoms with Gasteiger partial charge in [-0.3, -0.25) is 0 Å². The predicted octanol–water partition coefficient (Wildman–Crippen LogP) is 6.02. The SMILES string of the molecule is CC[C@H](c1ccc2c(c1)C[C@@H](C)O2)[C@@H](CC)c1ccc2c(c1)C[C@H](C)O2. The molecule has 0 bridgehead atoms. The van der Waals surface area contributed by atoms with Crippen LogP contribution in [0.3, 0.4) is 0 Å². The molecular weight excluding hydrogens is 320 g/mol. The number of fused-ring (bicyclic) bond motifs is 2. The monoisotopic (exact) mass is 350 g/mol. The van der Waals surface area contributed by atoms with Gasteiger partial charge in [-0.2, -0.15) is 0 Å². The van der Waals surface area contributed by atoms with Crippen molar-refractivity contribution in [3.63, 3.8) is 0 Å². The van der Waals surface area contributed by atoms with Crippen LogP contribution in [0.25, 0.3) is 0 Å². The second-order valence-electron chi connectivity index (χ2n) is 8.03. The maximum Gasteiger partial charge on any atom is 0.123 e. The zero-order chi connectivity index (χ0) is 18.3. The third-order valence-electron chi connectivity index (χ3n) is 6.06. The van der Waals surface area contributed by atoms with E-state index in [1.807, 2.05) is 0 Å². The van der Waals surface area contributed by atoms with Crippen LogP contribution in [0.5, 0.6) is 11.5 Å². The highest BCUT2D eigenvalue weighted by Gasteiger charge is 2.27. The molecule has 0 saturated heterocycles. The van der Waals surface area contributed by atoms with Crippen LogP contribution in [0.1, 0.15) is 74.6 Å². The fraction of sp³-hybridized carbons (Fsp3) is 0.500. The first-order chi connectivity index (χ1) is 12.6. The van der Waals surface area contributed by atoms with Crippen LogP contribution in [0, 0.1) is 0 Å². The Morgan fingerprint density at radius 2 is 1.19 bits per heavy atom. The van der Waals surface area contributed by atoms with E-state index in [1.165, 1.54) is 22.3 Å². The number of benzene rings is 2. The Labute approximate surface area is 157 Å². The van der Waals surface area contributed by atoms with Crippen molar-refractivity contribution in [2.45, 2.75) is 77.4 Å². The van der Waals surface area contributed by atoms with Gasteiger partial charge in [0.2, 0.25) is 0 Å². The lowest BCUT2D eigenvalue weighted by Crippen LogP contribution is -2.11. The van der Waals surface area contributed by atoms with Crippen LogP contribution in [0.15, 0.2) is 36.4 Å². The third-order valence-corrected chi connectivity index (χ3v) is 6.06. The van der Waals surface area contributed by atoms with Gasteiger partial charge in [0.15, 0.2) is 0 Å². The van der Waals surface area contributed by atoms with Gasteiger partial charge in [0.05, 0.1) is 0 Å². The van der Waals surface area contributed by atoms with Crippen LogP contribution in [0.4, 0.5) is 0 Å². The lowest BCUT2D eigenvalue weighted by atomic mass is 9.77. The molecule has 2 aromatic rings. The number of hydrogen-bond donors (Lipinski definition) is 0. The summed E-state index contributed by atoms with van der Waals surface area (Å²) in [5, 5.41) is 0. The first-order valence-corrected chi connectivity index (χ1v) is 10.2. The fourth-order valence-electron chi connectivity index (χ4n) is 4.85. The Balaban J connectivity index is 1.65. The molecule has 0 aliphatic carbocycles. The van der Waals surface area contributed by atoms with Crippen LogP contribution in [-0.2, 0) is 12.8 Å². The van der Waals surface area contributed by atoms with Crippen LogP contribution in [-0.4, -0.2) is 12.2 Å². The molecule has 0 radical (unpaired) electrons. The Bertz CT molecular complexity index is 727. The highest BCUT2D eigenvalue weighted by molar-refractivity contribution is 5.45. The summed E-state index contributed by atoms with van der Waals surface area (Å²) in [4.78, 5) is 0. The van der Waals surface area contributed by atoms with Crippen LogP contribution in [0.2, 0.25) is 0 Å². The van der Waals surface area contributed by atoms with E-state index in [2.05, 4.69) is 64.1 Å². The van der Waals surface area contributed by atoms with Crippen molar-refractivity contribution in [3.8, 4) is 11.5 Å². The summed E-state index contributed by atoms with van der Waals surface area (Å²) >= 11 is 0. The second-order valence-corrected chi connectivity index (χ2v) is 8.03. The van der Waals surface area contributed by atoms with Gasteiger partial charge in [-0.05, 0) is 72.9 Å². The molecule has 2 heterocycles. The molecule has 2 aromatic carbocycles. The van der Waals surface area contributed by atoms with Crippen molar-refractivity contribution in [3.05, 3.63) is 58.7 Å². The molecule has 2 aliphatic heterocycles. The average Bonchev–Trinajstić information content (AvgIpc) is 3.18. The Kier molecular flexibility index (Phi) is 4.69. The zero-order valence-electron chi connectivity index (χ0n) is 16.4. The minimum Gasteiger partial charge on any atom is -0.490 e. The molecule has 0 aromatic heterocycles. The molecule has 2 heteroatoms. The smallest absolute Gasteiger partial charge is 0.123 e. The van der Waals surface area contributed by atoms with Crippen LogP contribution >= 0.6 is 0 Å². The molecule has 0 amide bonds. The zero-order valence-corrected chi connectivity index (χ0v) is 16.4. The Hall–Kier alpha value is -1.96. The number of rotatable bonds is 5. The summed E-state index contributed by atoms with van der Waals surface area (Å²) < 4.78 is 11.8. The van der Waals surface area contributed by atoms with E-state index < -0.39 is 0 Å². The van der Waals surface area contributed by atoms with Crippen molar-refractivity contribution >= 4 is 0 Å². The summed E-state index contributed by atoms with van der Waals surface area (Å²) in [5.74, 6) is 3.23. The lowest BCUT2D eigenvalue weighted by Gasteiger charge is -2.27. The Morgan fingerprint density at radius 1 is 0.769 bits per heavy atom. The maximum atomic E-state index is 5.89. The standard InChI is InChI=1S/C24H30O2/c1-5-21(17-7-9-23-19(13-17)11-15(3)25-23)22(6-2)18-8-10-24-20(14-18)12-16(4)26-24/h7-10,13-16,21-22H,5-6,11-12H2,1-4H3/t15-,16+,21-,22+. The molecule has 4 atom stereocenters. The first kappa shape index (κ1) is 17.5. The van der Waals surface area contributed by atoms with E-state index in [9.17, 15) is 0 Å². The molecule has 138 valence electrons.